The van der Waals surface area contributed by atoms with Crippen molar-refractivity contribution < 1.29 is 22.0 Å². The summed E-state index contributed by atoms with van der Waals surface area (Å²) in [6.45, 7) is 4.11. The Morgan fingerprint density at radius 3 is 2.72 bits per heavy atom. The molecule has 0 saturated carbocycles. The minimum atomic E-state index is -3.61. The molecule has 0 N–H and O–H groups in total. The van der Waals surface area contributed by atoms with Crippen molar-refractivity contribution in [1.29, 1.82) is 0 Å². The van der Waals surface area contributed by atoms with Gasteiger partial charge in [0.1, 0.15) is 11.4 Å². The predicted octanol–water partition coefficient (Wildman–Crippen LogP) is 4.40. The third kappa shape index (κ3) is 4.05. The highest BCUT2D eigenvalue weighted by atomic mass is 32.2. The smallest absolute Gasteiger partial charge is 0.295 e. The molecule has 1 aliphatic heterocycles. The number of furan rings is 1. The van der Waals surface area contributed by atoms with Gasteiger partial charge < -0.3 is 4.42 Å². The molecule has 32 heavy (non-hydrogen) atoms. The molecule has 3 aromatic rings. The van der Waals surface area contributed by atoms with Crippen molar-refractivity contribution in [3.8, 4) is 0 Å². The maximum atomic E-state index is 13.6. The molecule has 1 fully saturated rings. The molecule has 0 radical (unpaired) electrons. The Balaban J connectivity index is 1.71. The lowest BCUT2D eigenvalue weighted by molar-refractivity contribution is 0.0826. The third-order valence-corrected chi connectivity index (χ3v) is 8.02. The molecular formula is C22H22FN3O4S2. The molecule has 2 aromatic carbocycles. The summed E-state index contributed by atoms with van der Waals surface area (Å²) in [6, 6.07) is 10.4. The van der Waals surface area contributed by atoms with Gasteiger partial charge in [0.25, 0.3) is 5.91 Å². The zero-order chi connectivity index (χ0) is 23.2. The highest BCUT2D eigenvalue weighted by Crippen LogP contribution is 2.33. The topological polar surface area (TPSA) is 83.2 Å². The number of benzene rings is 2. The molecule has 0 aliphatic carbocycles. The lowest BCUT2D eigenvalue weighted by Crippen LogP contribution is -2.32. The van der Waals surface area contributed by atoms with Crippen LogP contribution in [0, 0.1) is 12.7 Å². The number of nitrogens with zero attached hydrogens (tertiary/aromatic N) is 3. The number of fused-ring (bicyclic) bond motifs is 1. The number of amidine groups is 1. The lowest BCUT2D eigenvalue weighted by atomic mass is 10.1. The number of rotatable bonds is 4. The molecule has 1 aliphatic rings. The number of aryl methyl sites for hydroxylation is 1. The van der Waals surface area contributed by atoms with Crippen LogP contribution in [0.2, 0.25) is 0 Å². The zero-order valence-corrected chi connectivity index (χ0v) is 19.6. The molecule has 1 atom stereocenters. The van der Waals surface area contributed by atoms with Crippen LogP contribution in [-0.4, -0.2) is 54.6 Å². The molecular weight excluding hydrogens is 453 g/mol. The van der Waals surface area contributed by atoms with Gasteiger partial charge in [0.2, 0.25) is 10.0 Å². The summed E-state index contributed by atoms with van der Waals surface area (Å²) >= 11 is 1.42. The fourth-order valence-corrected chi connectivity index (χ4v) is 5.40. The fraction of sp³-hybridized carbons (Fsp3) is 0.273. The van der Waals surface area contributed by atoms with Crippen LogP contribution in [-0.2, 0) is 10.0 Å². The molecule has 1 aromatic heterocycles. The van der Waals surface area contributed by atoms with Crippen molar-refractivity contribution in [2.45, 2.75) is 24.0 Å². The van der Waals surface area contributed by atoms with Crippen molar-refractivity contribution in [3.05, 3.63) is 59.6 Å². The van der Waals surface area contributed by atoms with Crippen LogP contribution in [0.4, 0.5) is 10.1 Å². The largest absolute Gasteiger partial charge is 0.451 e. The Kier molecular flexibility index (Phi) is 5.87. The van der Waals surface area contributed by atoms with Gasteiger partial charge in [0, 0.05) is 36.8 Å². The van der Waals surface area contributed by atoms with Crippen LogP contribution in [0.5, 0.6) is 0 Å². The quantitative estimate of drug-likeness (QED) is 0.559. The van der Waals surface area contributed by atoms with Crippen molar-refractivity contribution >= 4 is 49.5 Å². The van der Waals surface area contributed by atoms with E-state index in [-0.39, 0.29) is 21.8 Å². The van der Waals surface area contributed by atoms with E-state index in [4.69, 9.17) is 4.42 Å². The van der Waals surface area contributed by atoms with E-state index < -0.39 is 15.8 Å². The second-order valence-corrected chi connectivity index (χ2v) is 11.3. The van der Waals surface area contributed by atoms with Crippen molar-refractivity contribution in [1.82, 2.24) is 9.21 Å². The number of sulfonamides is 1. The first-order valence-corrected chi connectivity index (χ1v) is 12.2. The van der Waals surface area contributed by atoms with Crippen molar-refractivity contribution in [2.24, 2.45) is 4.99 Å². The summed E-state index contributed by atoms with van der Waals surface area (Å²) in [4.78, 5) is 19.5. The number of carbonyl (C=O) groups is 1. The SMILES string of the molecule is Cc1c(C(=O)N2CC(C)SC2=Nc2cccc(S(=O)(=O)N(C)C)c2)oc2ccc(F)cc12. The van der Waals surface area contributed by atoms with Crippen LogP contribution in [0.3, 0.4) is 0 Å². The number of halogens is 1. The first-order chi connectivity index (χ1) is 15.1. The van der Waals surface area contributed by atoms with E-state index in [9.17, 15) is 17.6 Å². The van der Waals surface area contributed by atoms with Crippen LogP contribution in [0.15, 0.2) is 56.8 Å². The van der Waals surface area contributed by atoms with Gasteiger partial charge >= 0.3 is 0 Å². The monoisotopic (exact) mass is 475 g/mol. The highest BCUT2D eigenvalue weighted by molar-refractivity contribution is 8.14. The molecule has 7 nitrogen and oxygen atoms in total. The summed E-state index contributed by atoms with van der Waals surface area (Å²) in [5.41, 5.74) is 1.42. The molecule has 168 valence electrons. The van der Waals surface area contributed by atoms with Gasteiger partial charge in [-0.05, 0) is 43.3 Å². The van der Waals surface area contributed by atoms with Gasteiger partial charge in [0.15, 0.2) is 10.9 Å². The summed E-state index contributed by atoms with van der Waals surface area (Å²) in [5.74, 6) is -0.635. The van der Waals surface area contributed by atoms with Crippen LogP contribution < -0.4 is 0 Å². The van der Waals surface area contributed by atoms with E-state index in [2.05, 4.69) is 4.99 Å². The Hall–Kier alpha value is -2.69. The molecule has 0 spiro atoms. The van der Waals surface area contributed by atoms with E-state index in [1.165, 1.54) is 61.1 Å². The van der Waals surface area contributed by atoms with E-state index in [1.54, 1.807) is 19.1 Å². The van der Waals surface area contributed by atoms with Crippen LogP contribution >= 0.6 is 11.8 Å². The number of hydrogen-bond donors (Lipinski definition) is 0. The fourth-order valence-electron chi connectivity index (χ4n) is 3.43. The summed E-state index contributed by atoms with van der Waals surface area (Å²) in [7, 11) is -0.684. The van der Waals surface area contributed by atoms with Gasteiger partial charge in [-0.2, -0.15) is 0 Å². The minimum Gasteiger partial charge on any atom is -0.451 e. The number of thioether (sulfide) groups is 1. The summed E-state index contributed by atoms with van der Waals surface area (Å²) in [5, 5.41) is 1.09. The van der Waals surface area contributed by atoms with Crippen LogP contribution in [0.1, 0.15) is 23.0 Å². The summed E-state index contributed by atoms with van der Waals surface area (Å²) < 4.78 is 45.4. The van der Waals surface area contributed by atoms with E-state index in [0.29, 0.717) is 33.9 Å². The van der Waals surface area contributed by atoms with Gasteiger partial charge in [0.05, 0.1) is 10.6 Å². The zero-order valence-electron chi connectivity index (χ0n) is 18.0. The second-order valence-electron chi connectivity index (χ2n) is 7.72. The average molecular weight is 476 g/mol. The maximum Gasteiger partial charge on any atom is 0.295 e. The standard InChI is InChI=1S/C22H22FN3O4S2/c1-13-12-26(21(27)20-14(2)18-10-15(23)8-9-19(18)30-20)22(31-13)24-16-6-5-7-17(11-16)32(28,29)25(3)4/h5-11,13H,12H2,1-4H3. The number of amides is 1. The highest BCUT2D eigenvalue weighted by Gasteiger charge is 2.34. The Labute approximate surface area is 190 Å². The Morgan fingerprint density at radius 2 is 2.00 bits per heavy atom. The Morgan fingerprint density at radius 1 is 1.25 bits per heavy atom. The number of hydrogen-bond acceptors (Lipinski definition) is 6. The van der Waals surface area contributed by atoms with Gasteiger partial charge in [-0.25, -0.2) is 22.1 Å². The van der Waals surface area contributed by atoms with Crippen molar-refractivity contribution in [2.75, 3.05) is 20.6 Å². The first kappa shape index (κ1) is 22.5. The normalized spacial score (nSPS) is 18.2. The number of aliphatic imine (C=N–C) groups is 1. The summed E-state index contributed by atoms with van der Waals surface area (Å²) in [6.07, 6.45) is 0. The molecule has 4 rings (SSSR count). The van der Waals surface area contributed by atoms with E-state index >= 15 is 0 Å². The second kappa shape index (κ2) is 8.34. The number of carbonyl (C=O) groups excluding carboxylic acids is 1. The molecule has 0 bridgehead atoms. The first-order valence-electron chi connectivity index (χ1n) is 9.86. The third-order valence-electron chi connectivity index (χ3n) is 5.14. The van der Waals surface area contributed by atoms with E-state index in [1.807, 2.05) is 6.92 Å². The van der Waals surface area contributed by atoms with Gasteiger partial charge in [-0.15, -0.1) is 0 Å². The molecule has 1 saturated heterocycles. The minimum absolute atomic E-state index is 0.0912. The lowest BCUT2D eigenvalue weighted by Gasteiger charge is -2.15. The average Bonchev–Trinajstić information content (AvgIpc) is 3.27. The Bertz CT molecular complexity index is 1350. The molecule has 2 heterocycles. The van der Waals surface area contributed by atoms with Gasteiger partial charge in [-0.1, -0.05) is 24.8 Å². The van der Waals surface area contributed by atoms with Crippen LogP contribution in [0.25, 0.3) is 11.0 Å². The van der Waals surface area contributed by atoms with Gasteiger partial charge in [-0.3, -0.25) is 9.69 Å². The molecule has 1 unspecified atom stereocenters. The van der Waals surface area contributed by atoms with Crippen molar-refractivity contribution in [3.63, 3.8) is 0 Å². The van der Waals surface area contributed by atoms with E-state index in [0.717, 1.165) is 4.31 Å². The molecule has 10 heteroatoms. The maximum absolute atomic E-state index is 13.6. The predicted molar refractivity (Wildman–Crippen MR) is 123 cm³/mol. The molecule has 1 amide bonds.